The van der Waals surface area contributed by atoms with Gasteiger partial charge in [-0.25, -0.2) is 0 Å². The van der Waals surface area contributed by atoms with Gasteiger partial charge in [0.2, 0.25) is 17.7 Å². The summed E-state index contributed by atoms with van der Waals surface area (Å²) >= 11 is 0. The van der Waals surface area contributed by atoms with Crippen LogP contribution in [0.15, 0.2) is 0 Å². The molecule has 0 spiro atoms. The highest BCUT2D eigenvalue weighted by molar-refractivity contribution is 5.74. The molecule has 0 bridgehead atoms. The lowest BCUT2D eigenvalue weighted by atomic mass is 9.93. The predicted octanol–water partition coefficient (Wildman–Crippen LogP) is -18.0. The van der Waals surface area contributed by atoms with Crippen LogP contribution in [0.2, 0.25) is 0 Å². The van der Waals surface area contributed by atoms with Crippen molar-refractivity contribution in [3.63, 3.8) is 0 Å². The minimum atomic E-state index is -2.46. The van der Waals surface area contributed by atoms with Crippen molar-refractivity contribution in [3.8, 4) is 0 Å². The molecule has 0 radical (unpaired) electrons. The van der Waals surface area contributed by atoms with E-state index >= 15 is 0 Å². The van der Waals surface area contributed by atoms with Crippen molar-refractivity contribution in [3.05, 3.63) is 0 Å². The first kappa shape index (κ1) is 80.6. The Morgan fingerprint density at radius 3 is 0.969 bits per heavy atom. The van der Waals surface area contributed by atoms with Gasteiger partial charge in [-0.2, -0.15) is 0 Å². The maximum atomic E-state index is 13.0. The maximum Gasteiger partial charge on any atom is 0.217 e. The quantitative estimate of drug-likeness (QED) is 0.0404. The Hall–Kier alpha value is -3.11. The van der Waals surface area contributed by atoms with E-state index in [0.29, 0.717) is 0 Å². The van der Waals surface area contributed by atoms with Crippen LogP contribution in [0.5, 0.6) is 0 Å². The first-order chi connectivity index (χ1) is 46.4. The second kappa shape index (κ2) is 35.1. The number of rotatable bonds is 25. The molecule has 8 rings (SSSR count). The van der Waals surface area contributed by atoms with Gasteiger partial charge in [-0.15, -0.1) is 0 Å². The van der Waals surface area contributed by atoms with Gasteiger partial charge in [-0.3, -0.25) is 14.4 Å². The molecule has 44 nitrogen and oxygen atoms in total. The van der Waals surface area contributed by atoms with Crippen LogP contribution in [0.1, 0.15) is 20.8 Å². The highest BCUT2D eigenvalue weighted by Gasteiger charge is 2.60. The van der Waals surface area contributed by atoms with Gasteiger partial charge in [-0.05, 0) is 0 Å². The molecule has 0 aromatic carbocycles. The van der Waals surface area contributed by atoms with E-state index in [-0.39, 0.29) is 0 Å². The maximum absolute atomic E-state index is 13.0. The Kier molecular flexibility index (Phi) is 28.9. The molecule has 8 fully saturated rings. The second-order valence-electron chi connectivity index (χ2n) is 24.6. The lowest BCUT2D eigenvalue weighted by Crippen LogP contribution is -2.71. The summed E-state index contributed by atoms with van der Waals surface area (Å²) in [7, 11) is 0. The molecule has 0 aromatic rings. The predicted molar refractivity (Wildman–Crippen MR) is 299 cm³/mol. The number of amides is 3. The summed E-state index contributed by atoms with van der Waals surface area (Å²) in [5, 5.41) is 258. The third-order valence-electron chi connectivity index (χ3n) is 17.8. The molecule has 40 atom stereocenters. The van der Waals surface area contributed by atoms with Crippen LogP contribution in [0.4, 0.5) is 0 Å². The van der Waals surface area contributed by atoms with Crippen molar-refractivity contribution in [2.24, 2.45) is 0 Å². The van der Waals surface area contributed by atoms with E-state index in [1.54, 1.807) is 0 Å². The van der Waals surface area contributed by atoms with Gasteiger partial charge < -0.3 is 204 Å². The van der Waals surface area contributed by atoms with Crippen molar-refractivity contribution in [1.82, 2.24) is 16.0 Å². The van der Waals surface area contributed by atoms with E-state index < -0.39 is 316 Å². The molecule has 44 heteroatoms. The van der Waals surface area contributed by atoms with Crippen molar-refractivity contribution in [2.45, 2.75) is 266 Å². The van der Waals surface area contributed by atoms with Crippen molar-refractivity contribution in [1.29, 1.82) is 0 Å². The summed E-state index contributed by atoms with van der Waals surface area (Å²) in [5.74, 6) is -2.77. The highest BCUT2D eigenvalue weighted by Crippen LogP contribution is 2.39. The van der Waals surface area contributed by atoms with E-state index in [1.165, 1.54) is 0 Å². The minimum absolute atomic E-state index is 0.878. The van der Waals surface area contributed by atoms with E-state index in [0.717, 1.165) is 20.8 Å². The van der Waals surface area contributed by atoms with Crippen molar-refractivity contribution in [2.75, 3.05) is 52.9 Å². The molecule has 8 aliphatic heterocycles. The van der Waals surface area contributed by atoms with Gasteiger partial charge in [0.05, 0.1) is 52.9 Å². The summed E-state index contributed by atoms with van der Waals surface area (Å²) in [6.45, 7) is -5.45. The normalized spacial score (nSPS) is 49.5. The zero-order chi connectivity index (χ0) is 72.2. The van der Waals surface area contributed by atoms with E-state index in [1.807, 2.05) is 0 Å². The molecule has 568 valence electrons. The van der Waals surface area contributed by atoms with Crippen LogP contribution in [0.3, 0.4) is 0 Å². The van der Waals surface area contributed by atoms with Crippen LogP contribution >= 0.6 is 0 Å². The van der Waals surface area contributed by atoms with Gasteiger partial charge in [-0.1, -0.05) is 0 Å². The Balaban J connectivity index is 1.11. The fourth-order valence-electron chi connectivity index (χ4n) is 12.6. The smallest absolute Gasteiger partial charge is 0.217 e. The van der Waals surface area contributed by atoms with Crippen LogP contribution in [-0.2, 0) is 85.4 Å². The zero-order valence-electron chi connectivity index (χ0n) is 52.4. The molecule has 8 aliphatic rings. The fraction of sp³-hybridized carbons (Fsp3) is 0.944. The summed E-state index contributed by atoms with van der Waals surface area (Å²) < 4.78 is 87.3. The Bertz CT molecular complexity index is 2510. The summed E-state index contributed by atoms with van der Waals surface area (Å²) in [6.07, 6.45) is -74.4. The molecule has 26 N–H and O–H groups in total. The average Bonchev–Trinajstić information content (AvgIpc) is 0.776. The molecule has 1 unspecified atom stereocenters. The first-order valence-electron chi connectivity index (χ1n) is 31.1. The van der Waals surface area contributed by atoms with Gasteiger partial charge in [0.15, 0.2) is 50.3 Å². The number of hydrogen-bond acceptors (Lipinski definition) is 41. The molecule has 8 saturated heterocycles. The zero-order valence-corrected chi connectivity index (χ0v) is 52.4. The number of ether oxygens (including phenoxy) is 15. The number of carbonyl (C=O) groups excluding carboxylic acids is 3. The van der Waals surface area contributed by atoms with Crippen LogP contribution in [0, 0.1) is 0 Å². The van der Waals surface area contributed by atoms with E-state index in [2.05, 4.69) is 16.0 Å². The Labute approximate surface area is 554 Å². The Morgan fingerprint density at radius 2 is 0.551 bits per heavy atom. The van der Waals surface area contributed by atoms with Gasteiger partial charge in [0.1, 0.15) is 195 Å². The van der Waals surface area contributed by atoms with Gasteiger partial charge in [0, 0.05) is 20.8 Å². The average molecular weight is 1440 g/mol. The number of carbonyl (C=O) groups is 3. The first-order valence-corrected chi connectivity index (χ1v) is 31.1. The molecule has 98 heavy (non-hydrogen) atoms. The summed E-state index contributed by atoms with van der Waals surface area (Å²) in [6, 6.07) is -5.65. The molecule has 0 aliphatic carbocycles. The largest absolute Gasteiger partial charge is 0.394 e. The topological polar surface area (TPSA) is 691 Å². The number of hydrogen-bond donors (Lipinski definition) is 26. The number of aliphatic hydroxyl groups is 23. The minimum Gasteiger partial charge on any atom is -0.394 e. The van der Waals surface area contributed by atoms with Crippen LogP contribution in [-0.4, -0.2) is 433 Å². The van der Waals surface area contributed by atoms with Gasteiger partial charge in [0.25, 0.3) is 0 Å². The van der Waals surface area contributed by atoms with E-state index in [9.17, 15) is 132 Å². The van der Waals surface area contributed by atoms with Crippen molar-refractivity contribution < 1.29 is 203 Å². The number of nitrogens with one attached hydrogen (secondary N) is 3. The van der Waals surface area contributed by atoms with Crippen molar-refractivity contribution >= 4 is 17.7 Å². The molecule has 0 aromatic heterocycles. The monoisotopic (exact) mass is 1440 g/mol. The molecule has 3 amide bonds. The standard InChI is InChI=1S/C54H91N3O41/c1-12(65)55-23-31(73)41(93-51-37(79)33(75)26(68)15(4-58)87-51)20(9-63)90-48(23)84-11-22-30(72)46(98-50-25(57-14(3)67)44(28(70)17(6-60)86-50)96-52-38(80)34(76)27(69)16(5-59)88-52)40(82)54(92-22)94-42-21(10-64)91-49(24(32(42)74)56-13(2)66)97-45-29(71)18(7-61)89-53(39(45)81)95-43-19(8-62)85-47(83)36(78)35(43)77/h15-54,58-64,68-83H,4-11H2,1-3H3,(H,55,65)(H,56,66)(H,57,67)/t15-,16-,17-,18-,19-,20-,21-,22-,23-,24-,25-,26+,27+,28-,29+,30+,31-,32-,33+,34+,35-,36-,37-,38-,39-,40-,41-,42-,43-,44-,45+,46+,47?,48-,49+,50+,51+,52+,53+,54+/m1/s1. The summed E-state index contributed by atoms with van der Waals surface area (Å²) in [4.78, 5) is 38.7. The Morgan fingerprint density at radius 1 is 0.265 bits per heavy atom. The van der Waals surface area contributed by atoms with Gasteiger partial charge >= 0.3 is 0 Å². The molecule has 8 heterocycles. The lowest BCUT2D eigenvalue weighted by molar-refractivity contribution is -0.388. The van der Waals surface area contributed by atoms with Crippen LogP contribution < -0.4 is 16.0 Å². The third kappa shape index (κ3) is 17.5. The SMILES string of the molecule is CC(=O)N[C@H]1[C@H](OC[C@H]2O[C@@H](O[C@H]3[C@H](O)[C@@H](NC(C)=O)[C@H](O[C@H]4[C@@H](O)[C@@H](CO)O[C@@H](O[C@H]5[C@H](O)[C@@H](O)C(O)O[C@@H]5CO)[C@@H]4O)O[C@@H]3CO)[C@H](O)[C@@H](O[C@@H]3O[C@H](CO)[C@@H](O)[C@H](O[C@@H]4O[C@H](CO)[C@H](O)[C@H](O)[C@H]4O)[C@H]3NC(C)=O)[C@H]2O)O[C@H](CO)[C@@H](O[C@@H]2O[C@H](CO)[C@H](O)[C@H](O)[C@H]2O)[C@@H]1O. The highest BCUT2D eigenvalue weighted by atomic mass is 16.8. The second-order valence-corrected chi connectivity index (χ2v) is 24.6. The third-order valence-corrected chi connectivity index (χ3v) is 17.8. The number of aliphatic hydroxyl groups excluding tert-OH is 23. The fourth-order valence-corrected chi connectivity index (χ4v) is 12.6. The van der Waals surface area contributed by atoms with Crippen LogP contribution in [0.25, 0.3) is 0 Å². The lowest BCUT2D eigenvalue weighted by Gasteiger charge is -2.51. The molecule has 0 saturated carbocycles. The molecular formula is C54H91N3O41. The van der Waals surface area contributed by atoms with E-state index in [4.69, 9.17) is 71.1 Å². The summed E-state index contributed by atoms with van der Waals surface area (Å²) in [5.41, 5.74) is 0. The molecular weight excluding hydrogens is 1350 g/mol.